The van der Waals surface area contributed by atoms with Gasteiger partial charge in [0.15, 0.2) is 0 Å². The summed E-state index contributed by atoms with van der Waals surface area (Å²) < 4.78 is 0. The minimum absolute atomic E-state index is 0.552. The van der Waals surface area contributed by atoms with Crippen molar-refractivity contribution < 1.29 is 0 Å². The highest BCUT2D eigenvalue weighted by atomic mass is 15.1. The molecule has 2 N–H and O–H groups in total. The van der Waals surface area contributed by atoms with Gasteiger partial charge in [-0.2, -0.15) is 0 Å². The van der Waals surface area contributed by atoms with Crippen molar-refractivity contribution >= 4 is 0 Å². The molecule has 1 atom stereocenters. The average molecular weight is 112 g/mol. The van der Waals surface area contributed by atoms with E-state index in [0.717, 1.165) is 18.8 Å². The number of rotatable bonds is 0. The van der Waals surface area contributed by atoms with Gasteiger partial charge in [-0.05, 0) is 6.92 Å². The predicted octanol–water partition coefficient (Wildman–Crippen LogP) is 0.0814. The zero-order valence-electron chi connectivity index (χ0n) is 5.20. The van der Waals surface area contributed by atoms with Crippen LogP contribution in [0.5, 0.6) is 0 Å². The van der Waals surface area contributed by atoms with Crippen LogP contribution in [0.1, 0.15) is 6.92 Å². The molecule has 1 unspecified atom stereocenters. The van der Waals surface area contributed by atoms with E-state index < -0.39 is 0 Å². The lowest BCUT2D eigenvalue weighted by Gasteiger charge is -2.23. The topological polar surface area (TPSA) is 24.1 Å². The molecule has 1 rings (SSSR count). The molecule has 0 aromatic carbocycles. The average Bonchev–Trinajstić information content (AvgIpc) is 1.64. The molecule has 1 fully saturated rings. The highest BCUT2D eigenvalue weighted by molar-refractivity contribution is 4.99. The standard InChI is InChI=1S/C6H12N2/c1-5-3-7-4-6(2)8-5/h6-8H,1,3-4H2,2H3. The van der Waals surface area contributed by atoms with Crippen LogP contribution < -0.4 is 10.6 Å². The number of hydrogen-bond donors (Lipinski definition) is 2. The fraction of sp³-hybridized carbons (Fsp3) is 0.667. The summed E-state index contributed by atoms with van der Waals surface area (Å²) in [4.78, 5) is 0. The first-order chi connectivity index (χ1) is 3.79. The quantitative estimate of drug-likeness (QED) is 0.464. The SMILES string of the molecule is C=C1CNCC(C)N1. The number of nitrogens with one attached hydrogen (secondary N) is 2. The molecule has 1 heterocycles. The van der Waals surface area contributed by atoms with Crippen molar-refractivity contribution in [2.45, 2.75) is 13.0 Å². The Morgan fingerprint density at radius 3 is 2.88 bits per heavy atom. The molecule has 46 valence electrons. The van der Waals surface area contributed by atoms with Crippen LogP contribution in [0.15, 0.2) is 12.3 Å². The maximum atomic E-state index is 3.79. The molecule has 1 aliphatic rings. The molecule has 0 saturated carbocycles. The number of piperazine rings is 1. The Morgan fingerprint density at radius 2 is 2.50 bits per heavy atom. The fourth-order valence-electron chi connectivity index (χ4n) is 0.890. The molecular weight excluding hydrogens is 100 g/mol. The predicted molar refractivity (Wildman–Crippen MR) is 34.6 cm³/mol. The summed E-state index contributed by atoms with van der Waals surface area (Å²) in [6.07, 6.45) is 0. The van der Waals surface area contributed by atoms with Crippen LogP contribution in [0.2, 0.25) is 0 Å². The van der Waals surface area contributed by atoms with Crippen molar-refractivity contribution in [3.8, 4) is 0 Å². The van der Waals surface area contributed by atoms with Crippen LogP contribution in [-0.2, 0) is 0 Å². The molecule has 0 bridgehead atoms. The summed E-state index contributed by atoms with van der Waals surface area (Å²) in [5.41, 5.74) is 1.10. The monoisotopic (exact) mass is 112 g/mol. The van der Waals surface area contributed by atoms with Crippen molar-refractivity contribution in [1.29, 1.82) is 0 Å². The van der Waals surface area contributed by atoms with Gasteiger partial charge in [0.1, 0.15) is 0 Å². The van der Waals surface area contributed by atoms with Gasteiger partial charge in [-0.25, -0.2) is 0 Å². The first kappa shape index (κ1) is 5.63. The van der Waals surface area contributed by atoms with Gasteiger partial charge in [-0.15, -0.1) is 0 Å². The summed E-state index contributed by atoms with van der Waals surface area (Å²) in [6.45, 7) is 7.90. The Labute approximate surface area is 50.0 Å². The summed E-state index contributed by atoms with van der Waals surface area (Å²) in [7, 11) is 0. The van der Waals surface area contributed by atoms with Gasteiger partial charge in [0.2, 0.25) is 0 Å². The van der Waals surface area contributed by atoms with Crippen molar-refractivity contribution in [1.82, 2.24) is 10.6 Å². The molecule has 8 heavy (non-hydrogen) atoms. The molecule has 0 aromatic rings. The molecule has 1 saturated heterocycles. The highest BCUT2D eigenvalue weighted by Gasteiger charge is 2.06. The molecule has 1 aliphatic heterocycles. The van der Waals surface area contributed by atoms with Crippen molar-refractivity contribution in [3.63, 3.8) is 0 Å². The minimum Gasteiger partial charge on any atom is -0.384 e. The Bertz CT molecular complexity index is 98.7. The second-order valence-corrected chi connectivity index (χ2v) is 2.28. The van der Waals surface area contributed by atoms with Crippen LogP contribution >= 0.6 is 0 Å². The Kier molecular flexibility index (Phi) is 1.53. The first-order valence-corrected chi connectivity index (χ1v) is 2.94. The van der Waals surface area contributed by atoms with E-state index in [4.69, 9.17) is 0 Å². The van der Waals surface area contributed by atoms with Gasteiger partial charge in [-0.3, -0.25) is 0 Å². The van der Waals surface area contributed by atoms with E-state index in [9.17, 15) is 0 Å². The van der Waals surface area contributed by atoms with Crippen LogP contribution in [0, 0.1) is 0 Å². The minimum atomic E-state index is 0.552. The molecule has 0 radical (unpaired) electrons. The summed E-state index contributed by atoms with van der Waals surface area (Å²) >= 11 is 0. The second-order valence-electron chi connectivity index (χ2n) is 2.28. The maximum Gasteiger partial charge on any atom is 0.0355 e. The van der Waals surface area contributed by atoms with Crippen LogP contribution in [0.4, 0.5) is 0 Å². The summed E-state index contributed by atoms with van der Waals surface area (Å²) in [5, 5.41) is 6.44. The van der Waals surface area contributed by atoms with Gasteiger partial charge >= 0.3 is 0 Å². The second kappa shape index (κ2) is 2.18. The molecule has 0 aliphatic carbocycles. The van der Waals surface area contributed by atoms with Gasteiger partial charge in [0.05, 0.1) is 0 Å². The van der Waals surface area contributed by atoms with E-state index in [0.29, 0.717) is 6.04 Å². The van der Waals surface area contributed by atoms with Gasteiger partial charge in [0, 0.05) is 24.8 Å². The summed E-state index contributed by atoms with van der Waals surface area (Å²) in [5.74, 6) is 0. The lowest BCUT2D eigenvalue weighted by atomic mass is 10.2. The van der Waals surface area contributed by atoms with Gasteiger partial charge in [0.25, 0.3) is 0 Å². The van der Waals surface area contributed by atoms with Crippen molar-refractivity contribution in [2.24, 2.45) is 0 Å². The third-order valence-corrected chi connectivity index (χ3v) is 1.24. The number of hydrogen-bond acceptors (Lipinski definition) is 2. The Morgan fingerprint density at radius 1 is 1.75 bits per heavy atom. The molecule has 2 nitrogen and oxygen atoms in total. The van der Waals surface area contributed by atoms with E-state index in [1.807, 2.05) is 0 Å². The molecule has 0 amide bonds. The molecule has 2 heteroatoms. The molecule has 0 aromatic heterocycles. The van der Waals surface area contributed by atoms with E-state index in [1.54, 1.807) is 0 Å². The third-order valence-electron chi connectivity index (χ3n) is 1.24. The first-order valence-electron chi connectivity index (χ1n) is 2.94. The van der Waals surface area contributed by atoms with Crippen LogP contribution in [0.25, 0.3) is 0 Å². The normalized spacial score (nSPS) is 29.6. The fourth-order valence-corrected chi connectivity index (χ4v) is 0.890. The van der Waals surface area contributed by atoms with Gasteiger partial charge in [-0.1, -0.05) is 6.58 Å². The maximum absolute atomic E-state index is 3.79. The van der Waals surface area contributed by atoms with Crippen LogP contribution in [0.3, 0.4) is 0 Å². The third kappa shape index (κ3) is 1.23. The van der Waals surface area contributed by atoms with E-state index in [1.165, 1.54) is 0 Å². The van der Waals surface area contributed by atoms with Crippen LogP contribution in [-0.4, -0.2) is 19.1 Å². The lowest BCUT2D eigenvalue weighted by Crippen LogP contribution is -2.44. The largest absolute Gasteiger partial charge is 0.384 e. The Balaban J connectivity index is 2.34. The zero-order valence-corrected chi connectivity index (χ0v) is 5.20. The van der Waals surface area contributed by atoms with E-state index in [-0.39, 0.29) is 0 Å². The smallest absolute Gasteiger partial charge is 0.0355 e. The summed E-state index contributed by atoms with van der Waals surface area (Å²) in [6, 6.07) is 0.552. The van der Waals surface area contributed by atoms with Gasteiger partial charge < -0.3 is 10.6 Å². The lowest BCUT2D eigenvalue weighted by molar-refractivity contribution is 0.496. The van der Waals surface area contributed by atoms with Crippen molar-refractivity contribution in [2.75, 3.05) is 13.1 Å². The molecule has 0 spiro atoms. The zero-order chi connectivity index (χ0) is 5.98. The van der Waals surface area contributed by atoms with Crippen molar-refractivity contribution in [3.05, 3.63) is 12.3 Å². The highest BCUT2D eigenvalue weighted by Crippen LogP contribution is 1.91. The Hall–Kier alpha value is -0.500. The van der Waals surface area contributed by atoms with E-state index in [2.05, 4.69) is 24.1 Å². The van der Waals surface area contributed by atoms with E-state index >= 15 is 0 Å². The molecular formula is C6H12N2.